The van der Waals surface area contributed by atoms with Crippen LogP contribution in [-0.4, -0.2) is 48.4 Å². The minimum absolute atomic E-state index is 0.0275. The SMILES string of the molecule is COc1ccc(C(=O)NCc2ccc(-n3ccnc3)c(F)c2)cc1S(=O)(=O)N1CCCCCC1. The van der Waals surface area contributed by atoms with Crippen LogP contribution in [0.2, 0.25) is 0 Å². The zero-order valence-corrected chi connectivity index (χ0v) is 19.7. The van der Waals surface area contributed by atoms with E-state index in [9.17, 15) is 17.6 Å². The van der Waals surface area contributed by atoms with Gasteiger partial charge in [0.2, 0.25) is 10.0 Å². The van der Waals surface area contributed by atoms with Gasteiger partial charge in [-0.1, -0.05) is 18.9 Å². The molecule has 1 N–H and O–H groups in total. The van der Waals surface area contributed by atoms with Crippen LogP contribution >= 0.6 is 0 Å². The molecule has 180 valence electrons. The van der Waals surface area contributed by atoms with E-state index >= 15 is 0 Å². The highest BCUT2D eigenvalue weighted by atomic mass is 32.2. The van der Waals surface area contributed by atoms with Gasteiger partial charge in [0, 0.05) is 37.6 Å². The molecule has 8 nitrogen and oxygen atoms in total. The molecule has 2 aromatic carbocycles. The number of ether oxygens (including phenoxy) is 1. The first-order valence-electron chi connectivity index (χ1n) is 11.1. The summed E-state index contributed by atoms with van der Waals surface area (Å²) in [4.78, 5) is 16.7. The smallest absolute Gasteiger partial charge is 0.251 e. The molecular formula is C24H27FN4O4S. The van der Waals surface area contributed by atoms with Crippen molar-refractivity contribution in [2.45, 2.75) is 37.1 Å². The Kier molecular flexibility index (Phi) is 7.28. The van der Waals surface area contributed by atoms with Crippen molar-refractivity contribution in [3.05, 3.63) is 72.1 Å². The Morgan fingerprint density at radius 3 is 2.53 bits per heavy atom. The monoisotopic (exact) mass is 486 g/mol. The molecule has 0 saturated carbocycles. The van der Waals surface area contributed by atoms with Crippen molar-refractivity contribution in [1.29, 1.82) is 0 Å². The number of hydrogen-bond acceptors (Lipinski definition) is 5. The molecule has 0 bridgehead atoms. The normalized spacial score (nSPS) is 15.0. The van der Waals surface area contributed by atoms with Gasteiger partial charge in [0.05, 0.1) is 19.1 Å². The van der Waals surface area contributed by atoms with E-state index in [1.165, 1.54) is 42.0 Å². The van der Waals surface area contributed by atoms with E-state index in [0.717, 1.165) is 25.7 Å². The number of imidazole rings is 1. The van der Waals surface area contributed by atoms with Gasteiger partial charge < -0.3 is 14.6 Å². The number of amides is 1. The molecule has 3 aromatic rings. The summed E-state index contributed by atoms with van der Waals surface area (Å²) in [7, 11) is -2.41. The zero-order chi connectivity index (χ0) is 24.1. The minimum Gasteiger partial charge on any atom is -0.495 e. The standard InChI is InChI=1S/C24H27FN4O4S/c1-33-22-9-7-19(15-23(22)34(31,32)29-11-4-2-3-5-12-29)24(30)27-16-18-6-8-21(20(25)14-18)28-13-10-26-17-28/h6-10,13-15,17H,2-5,11-12,16H2,1H3,(H,27,30). The predicted octanol–water partition coefficient (Wildman–Crippen LogP) is 3.51. The quantitative estimate of drug-likeness (QED) is 0.552. The van der Waals surface area contributed by atoms with Gasteiger partial charge in [-0.2, -0.15) is 4.31 Å². The highest BCUT2D eigenvalue weighted by Crippen LogP contribution is 2.29. The number of rotatable bonds is 7. The first-order valence-corrected chi connectivity index (χ1v) is 12.6. The van der Waals surface area contributed by atoms with Crippen molar-refractivity contribution in [3.8, 4) is 11.4 Å². The fourth-order valence-electron chi connectivity index (χ4n) is 4.00. The Morgan fingerprint density at radius 1 is 1.12 bits per heavy atom. The summed E-state index contributed by atoms with van der Waals surface area (Å²) in [5.41, 5.74) is 1.11. The van der Waals surface area contributed by atoms with Crippen molar-refractivity contribution >= 4 is 15.9 Å². The van der Waals surface area contributed by atoms with Gasteiger partial charge in [0.1, 0.15) is 16.5 Å². The van der Waals surface area contributed by atoms with Crippen molar-refractivity contribution < 1.29 is 22.3 Å². The lowest BCUT2D eigenvalue weighted by atomic mass is 10.1. The third-order valence-electron chi connectivity index (χ3n) is 5.86. The van der Waals surface area contributed by atoms with Crippen LogP contribution in [0, 0.1) is 5.82 Å². The van der Waals surface area contributed by atoms with Crippen LogP contribution in [0.15, 0.2) is 60.0 Å². The van der Waals surface area contributed by atoms with Crippen LogP contribution < -0.4 is 10.1 Å². The van der Waals surface area contributed by atoms with Crippen molar-refractivity contribution in [2.24, 2.45) is 0 Å². The topological polar surface area (TPSA) is 93.5 Å². The van der Waals surface area contributed by atoms with Crippen molar-refractivity contribution in [3.63, 3.8) is 0 Å². The molecule has 2 heterocycles. The zero-order valence-electron chi connectivity index (χ0n) is 18.9. The Morgan fingerprint density at radius 2 is 1.88 bits per heavy atom. The number of methoxy groups -OCH3 is 1. The van der Waals surface area contributed by atoms with Crippen molar-refractivity contribution in [2.75, 3.05) is 20.2 Å². The van der Waals surface area contributed by atoms with Gasteiger partial charge in [0.25, 0.3) is 5.91 Å². The summed E-state index contributed by atoms with van der Waals surface area (Å²) in [5, 5.41) is 2.73. The number of carbonyl (C=O) groups excluding carboxylic acids is 1. The molecule has 1 aromatic heterocycles. The van der Waals surface area contributed by atoms with E-state index in [-0.39, 0.29) is 22.8 Å². The lowest BCUT2D eigenvalue weighted by Crippen LogP contribution is -2.32. The Hall–Kier alpha value is -3.24. The number of nitrogens with zero attached hydrogens (tertiary/aromatic N) is 3. The van der Waals surface area contributed by atoms with Gasteiger partial charge in [-0.3, -0.25) is 4.79 Å². The number of benzene rings is 2. The second-order valence-electron chi connectivity index (χ2n) is 8.12. The van der Waals surface area contributed by atoms with E-state index in [1.807, 2.05) is 0 Å². The fourth-order valence-corrected chi connectivity index (χ4v) is 5.70. The maximum Gasteiger partial charge on any atom is 0.251 e. The van der Waals surface area contributed by atoms with E-state index in [2.05, 4.69) is 10.3 Å². The van der Waals surface area contributed by atoms with Gasteiger partial charge >= 0.3 is 0 Å². The fraction of sp³-hybridized carbons (Fsp3) is 0.333. The first kappa shape index (κ1) is 23.9. The van der Waals surface area contributed by atoms with E-state index in [0.29, 0.717) is 24.3 Å². The molecule has 0 aliphatic carbocycles. The third-order valence-corrected chi connectivity index (χ3v) is 7.78. The molecule has 0 spiro atoms. The average Bonchev–Trinajstić information content (AvgIpc) is 3.22. The number of halogens is 1. The molecule has 0 unspecified atom stereocenters. The lowest BCUT2D eigenvalue weighted by molar-refractivity contribution is 0.0950. The Labute approximate surface area is 198 Å². The van der Waals surface area contributed by atoms with Gasteiger partial charge in [-0.05, 0) is 48.7 Å². The first-order chi connectivity index (χ1) is 16.4. The minimum atomic E-state index is -3.81. The Bertz CT molecular complexity index is 1250. The van der Waals surface area contributed by atoms with Crippen LogP contribution in [0.5, 0.6) is 5.75 Å². The largest absolute Gasteiger partial charge is 0.495 e. The van der Waals surface area contributed by atoms with E-state index < -0.39 is 21.7 Å². The maximum atomic E-state index is 14.5. The molecule has 1 saturated heterocycles. The van der Waals surface area contributed by atoms with Crippen LogP contribution in [0.4, 0.5) is 4.39 Å². The molecule has 1 fully saturated rings. The summed E-state index contributed by atoms with van der Waals surface area (Å²) < 4.78 is 49.4. The van der Waals surface area contributed by atoms with Gasteiger partial charge in [0.15, 0.2) is 0 Å². The van der Waals surface area contributed by atoms with Crippen molar-refractivity contribution in [1.82, 2.24) is 19.2 Å². The molecule has 0 atom stereocenters. The van der Waals surface area contributed by atoms with Crippen LogP contribution in [0.1, 0.15) is 41.6 Å². The summed E-state index contributed by atoms with van der Waals surface area (Å²) in [6.07, 6.45) is 8.30. The number of nitrogens with one attached hydrogen (secondary N) is 1. The molecule has 1 amide bonds. The second kappa shape index (κ2) is 10.4. The Balaban J connectivity index is 1.51. The molecular weight excluding hydrogens is 459 g/mol. The third kappa shape index (κ3) is 5.13. The molecule has 0 radical (unpaired) electrons. The lowest BCUT2D eigenvalue weighted by Gasteiger charge is -2.21. The summed E-state index contributed by atoms with van der Waals surface area (Å²) in [6.45, 7) is 0.977. The predicted molar refractivity (Wildman–Crippen MR) is 125 cm³/mol. The average molecular weight is 487 g/mol. The summed E-state index contributed by atoms with van der Waals surface area (Å²) >= 11 is 0. The number of aromatic nitrogens is 2. The van der Waals surface area contributed by atoms with Crippen LogP contribution in [0.25, 0.3) is 5.69 Å². The van der Waals surface area contributed by atoms with Crippen LogP contribution in [0.3, 0.4) is 0 Å². The molecule has 1 aliphatic heterocycles. The highest BCUT2D eigenvalue weighted by Gasteiger charge is 2.29. The van der Waals surface area contributed by atoms with Gasteiger partial charge in [-0.15, -0.1) is 0 Å². The van der Waals surface area contributed by atoms with Gasteiger partial charge in [-0.25, -0.2) is 17.8 Å². The van der Waals surface area contributed by atoms with E-state index in [1.54, 1.807) is 29.1 Å². The second-order valence-corrected chi connectivity index (χ2v) is 10.0. The number of carbonyl (C=O) groups is 1. The molecule has 1 aliphatic rings. The highest BCUT2D eigenvalue weighted by molar-refractivity contribution is 7.89. The molecule has 4 rings (SSSR count). The van der Waals surface area contributed by atoms with Crippen LogP contribution in [-0.2, 0) is 16.6 Å². The summed E-state index contributed by atoms with van der Waals surface area (Å²) in [6, 6.07) is 9.01. The number of sulfonamides is 1. The molecule has 34 heavy (non-hydrogen) atoms. The molecule has 10 heteroatoms. The maximum absolute atomic E-state index is 14.5. The number of hydrogen-bond donors (Lipinski definition) is 1. The van der Waals surface area contributed by atoms with E-state index in [4.69, 9.17) is 4.74 Å². The summed E-state index contributed by atoms with van der Waals surface area (Å²) in [5.74, 6) is -0.716.